The molecular weight excluding hydrogens is 276 g/mol. The van der Waals surface area contributed by atoms with Crippen LogP contribution in [0.4, 0.5) is 5.69 Å². The largest absolute Gasteiger partial charge is 0.325 e. The van der Waals surface area contributed by atoms with Crippen molar-refractivity contribution in [1.29, 1.82) is 0 Å². The van der Waals surface area contributed by atoms with Gasteiger partial charge in [-0.1, -0.05) is 6.92 Å². The van der Waals surface area contributed by atoms with Gasteiger partial charge in [-0.2, -0.15) is 0 Å². The van der Waals surface area contributed by atoms with Gasteiger partial charge in [-0.05, 0) is 51.0 Å². The molecule has 2 N–H and O–H groups in total. The van der Waals surface area contributed by atoms with Crippen LogP contribution in [0.5, 0.6) is 0 Å². The van der Waals surface area contributed by atoms with Gasteiger partial charge in [0, 0.05) is 11.7 Å². The van der Waals surface area contributed by atoms with E-state index >= 15 is 0 Å². The van der Waals surface area contributed by atoms with Crippen LogP contribution < -0.4 is 10.0 Å². The van der Waals surface area contributed by atoms with Gasteiger partial charge in [-0.25, -0.2) is 13.1 Å². The summed E-state index contributed by atoms with van der Waals surface area (Å²) in [6.45, 7) is 7.31. The van der Waals surface area contributed by atoms with Crippen molar-refractivity contribution in [2.24, 2.45) is 0 Å². The molecule has 5 nitrogen and oxygen atoms in total. The molecule has 0 spiro atoms. The highest BCUT2D eigenvalue weighted by Crippen LogP contribution is 2.38. The Bertz CT molecular complexity index is 650. The van der Waals surface area contributed by atoms with E-state index in [0.29, 0.717) is 5.69 Å². The highest BCUT2D eigenvalue weighted by atomic mass is 32.2. The number of benzene rings is 1. The number of nitrogens with one attached hydrogen (secondary N) is 2. The summed E-state index contributed by atoms with van der Waals surface area (Å²) in [6.07, 6.45) is 0.718. The summed E-state index contributed by atoms with van der Waals surface area (Å²) < 4.78 is 27.2. The predicted molar refractivity (Wildman–Crippen MR) is 78.2 cm³/mol. The van der Waals surface area contributed by atoms with Gasteiger partial charge in [0.15, 0.2) is 0 Å². The minimum Gasteiger partial charge on any atom is -0.325 e. The van der Waals surface area contributed by atoms with Crippen molar-refractivity contribution < 1.29 is 13.2 Å². The summed E-state index contributed by atoms with van der Waals surface area (Å²) in [6, 6.07) is 4.62. The van der Waals surface area contributed by atoms with Gasteiger partial charge in [-0.15, -0.1) is 0 Å². The number of hydrogen-bond acceptors (Lipinski definition) is 3. The molecule has 0 fully saturated rings. The maximum absolute atomic E-state index is 12.3. The summed E-state index contributed by atoms with van der Waals surface area (Å²) in [4.78, 5) is 12.1. The standard InChI is InChI=1S/C14H20N2O3S/c1-5-9(2)16-20(18,19)10-6-7-12-11(8-10)14(3,4)13(17)15-12/h6-9,16H,5H2,1-4H3,(H,15,17). The Morgan fingerprint density at radius 1 is 1.35 bits per heavy atom. The molecule has 1 unspecified atom stereocenters. The number of sulfonamides is 1. The third-order valence-electron chi connectivity index (χ3n) is 3.76. The molecule has 20 heavy (non-hydrogen) atoms. The van der Waals surface area contributed by atoms with E-state index in [1.165, 1.54) is 6.07 Å². The van der Waals surface area contributed by atoms with Crippen LogP contribution in [0, 0.1) is 0 Å². The van der Waals surface area contributed by atoms with Crippen molar-refractivity contribution in [2.45, 2.75) is 50.5 Å². The smallest absolute Gasteiger partial charge is 0.240 e. The lowest BCUT2D eigenvalue weighted by molar-refractivity contribution is -0.119. The Hall–Kier alpha value is -1.40. The van der Waals surface area contributed by atoms with Crippen LogP contribution in [-0.4, -0.2) is 20.4 Å². The highest BCUT2D eigenvalue weighted by Gasteiger charge is 2.39. The van der Waals surface area contributed by atoms with Gasteiger partial charge in [0.05, 0.1) is 10.3 Å². The molecular formula is C14H20N2O3S. The normalized spacial score (nSPS) is 18.5. The Morgan fingerprint density at radius 3 is 2.60 bits per heavy atom. The molecule has 0 radical (unpaired) electrons. The lowest BCUT2D eigenvalue weighted by Gasteiger charge is -2.17. The van der Waals surface area contributed by atoms with Crippen LogP contribution >= 0.6 is 0 Å². The number of fused-ring (bicyclic) bond motifs is 1. The summed E-state index contributed by atoms with van der Waals surface area (Å²) in [5, 5.41) is 2.76. The Kier molecular flexibility index (Phi) is 3.64. The molecule has 1 amide bonds. The monoisotopic (exact) mass is 296 g/mol. The molecule has 1 atom stereocenters. The van der Waals surface area contributed by atoms with Gasteiger partial charge in [-0.3, -0.25) is 4.79 Å². The van der Waals surface area contributed by atoms with Gasteiger partial charge >= 0.3 is 0 Å². The molecule has 0 saturated carbocycles. The first-order chi connectivity index (χ1) is 9.18. The lowest BCUT2D eigenvalue weighted by atomic mass is 9.86. The molecule has 1 heterocycles. The molecule has 1 aliphatic heterocycles. The molecule has 1 aliphatic rings. The number of carbonyl (C=O) groups excluding carboxylic acids is 1. The zero-order valence-electron chi connectivity index (χ0n) is 12.1. The van der Waals surface area contributed by atoms with Gasteiger partial charge < -0.3 is 5.32 Å². The number of carbonyl (C=O) groups is 1. The first-order valence-corrected chi connectivity index (χ1v) is 8.15. The van der Waals surface area contributed by atoms with Crippen molar-refractivity contribution in [2.75, 3.05) is 5.32 Å². The van der Waals surface area contributed by atoms with E-state index in [1.807, 2.05) is 13.8 Å². The summed E-state index contributed by atoms with van der Waals surface area (Å²) >= 11 is 0. The van der Waals surface area contributed by atoms with E-state index in [4.69, 9.17) is 0 Å². The van der Waals surface area contributed by atoms with Crippen LogP contribution in [0.25, 0.3) is 0 Å². The molecule has 6 heteroatoms. The maximum atomic E-state index is 12.3. The fourth-order valence-corrected chi connectivity index (χ4v) is 3.49. The van der Waals surface area contributed by atoms with Gasteiger partial charge in [0.25, 0.3) is 0 Å². The van der Waals surface area contributed by atoms with Crippen molar-refractivity contribution in [3.8, 4) is 0 Å². The fourth-order valence-electron chi connectivity index (χ4n) is 2.13. The van der Waals surface area contributed by atoms with E-state index < -0.39 is 15.4 Å². The zero-order valence-corrected chi connectivity index (χ0v) is 13.0. The average Bonchev–Trinajstić information content (AvgIpc) is 2.59. The van der Waals surface area contributed by atoms with Crippen molar-refractivity contribution >= 4 is 21.6 Å². The third-order valence-corrected chi connectivity index (χ3v) is 5.35. The summed E-state index contributed by atoms with van der Waals surface area (Å²) in [5.41, 5.74) is 0.689. The van der Waals surface area contributed by atoms with Crippen molar-refractivity contribution in [3.05, 3.63) is 23.8 Å². The van der Waals surface area contributed by atoms with Gasteiger partial charge in [0.1, 0.15) is 0 Å². The van der Waals surface area contributed by atoms with Crippen LogP contribution in [0.3, 0.4) is 0 Å². The SMILES string of the molecule is CCC(C)NS(=O)(=O)c1ccc2c(c1)C(C)(C)C(=O)N2. The number of hydrogen-bond donors (Lipinski definition) is 2. The minimum atomic E-state index is -3.55. The van der Waals surface area contributed by atoms with Crippen LogP contribution in [0.1, 0.15) is 39.7 Å². The van der Waals surface area contributed by atoms with E-state index in [-0.39, 0.29) is 16.8 Å². The quantitative estimate of drug-likeness (QED) is 0.892. The highest BCUT2D eigenvalue weighted by molar-refractivity contribution is 7.89. The van der Waals surface area contributed by atoms with Crippen LogP contribution in [0.15, 0.2) is 23.1 Å². The van der Waals surface area contributed by atoms with E-state index in [9.17, 15) is 13.2 Å². The molecule has 0 aliphatic carbocycles. The first kappa shape index (κ1) is 15.0. The Balaban J connectivity index is 2.43. The average molecular weight is 296 g/mol. The fraction of sp³-hybridized carbons (Fsp3) is 0.500. The molecule has 2 rings (SSSR count). The van der Waals surface area contributed by atoms with Crippen LogP contribution in [0.2, 0.25) is 0 Å². The molecule has 0 aromatic heterocycles. The molecule has 0 bridgehead atoms. The third kappa shape index (κ3) is 2.45. The lowest BCUT2D eigenvalue weighted by Crippen LogP contribution is -2.32. The summed E-state index contributed by atoms with van der Waals surface area (Å²) in [7, 11) is -3.55. The van der Waals surface area contributed by atoms with Gasteiger partial charge in [0.2, 0.25) is 15.9 Å². The number of anilines is 1. The second kappa shape index (κ2) is 4.86. The molecule has 0 saturated heterocycles. The number of amides is 1. The maximum Gasteiger partial charge on any atom is 0.240 e. The number of rotatable bonds is 4. The topological polar surface area (TPSA) is 75.3 Å². The van der Waals surface area contributed by atoms with Crippen LogP contribution in [-0.2, 0) is 20.2 Å². The molecule has 1 aromatic rings. The minimum absolute atomic E-state index is 0.114. The Morgan fingerprint density at radius 2 is 2.00 bits per heavy atom. The van der Waals surface area contributed by atoms with E-state index in [0.717, 1.165) is 12.0 Å². The zero-order chi connectivity index (χ0) is 15.1. The second-order valence-electron chi connectivity index (χ2n) is 5.72. The Labute approximate surface area is 119 Å². The predicted octanol–water partition coefficient (Wildman–Crippen LogP) is 1.99. The first-order valence-electron chi connectivity index (χ1n) is 6.67. The van der Waals surface area contributed by atoms with E-state index in [1.54, 1.807) is 26.0 Å². The van der Waals surface area contributed by atoms with Crippen molar-refractivity contribution in [1.82, 2.24) is 4.72 Å². The molecule has 110 valence electrons. The second-order valence-corrected chi connectivity index (χ2v) is 7.43. The molecule has 1 aromatic carbocycles. The van der Waals surface area contributed by atoms with Crippen molar-refractivity contribution in [3.63, 3.8) is 0 Å². The van der Waals surface area contributed by atoms with E-state index in [2.05, 4.69) is 10.0 Å². The summed E-state index contributed by atoms with van der Waals surface area (Å²) in [5.74, 6) is -0.114.